The van der Waals surface area contributed by atoms with E-state index in [0.717, 1.165) is 4.47 Å². The number of cyclic esters (lactones) is 1. The van der Waals surface area contributed by atoms with Crippen molar-refractivity contribution in [2.45, 2.75) is 6.92 Å². The second kappa shape index (κ2) is 3.96. The van der Waals surface area contributed by atoms with Gasteiger partial charge in [0.1, 0.15) is 5.69 Å². The van der Waals surface area contributed by atoms with Crippen molar-refractivity contribution in [1.29, 1.82) is 0 Å². The Bertz CT molecular complexity index is 417. The Labute approximate surface area is 91.9 Å². The Balaban J connectivity index is 0.000000980. The van der Waals surface area contributed by atoms with Gasteiger partial charge in [0.15, 0.2) is 5.76 Å². The number of hydrogen-bond acceptors (Lipinski definition) is 3. The summed E-state index contributed by atoms with van der Waals surface area (Å²) in [6.07, 6.45) is 3.37. The van der Waals surface area contributed by atoms with Crippen molar-refractivity contribution in [1.82, 2.24) is 4.98 Å². The molecule has 0 amide bonds. The second-order valence-electron chi connectivity index (χ2n) is 2.59. The summed E-state index contributed by atoms with van der Waals surface area (Å²) >= 11 is 3.24. The van der Waals surface area contributed by atoms with Crippen LogP contribution in [-0.2, 0) is 4.74 Å². The molecule has 1 aliphatic rings. The summed E-state index contributed by atoms with van der Waals surface area (Å²) in [5, 5.41) is 0. The first-order valence-corrected chi connectivity index (χ1v) is 4.56. The summed E-state index contributed by atoms with van der Waals surface area (Å²) in [7, 11) is 0. The van der Waals surface area contributed by atoms with Gasteiger partial charge in [0.25, 0.3) is 0 Å². The van der Waals surface area contributed by atoms with Crippen LogP contribution in [0.3, 0.4) is 0 Å². The maximum Gasteiger partial charge on any atom is 0.345 e. The van der Waals surface area contributed by atoms with Crippen LogP contribution in [0, 0.1) is 0 Å². The van der Waals surface area contributed by atoms with E-state index < -0.39 is 0 Å². The van der Waals surface area contributed by atoms with E-state index in [9.17, 15) is 4.79 Å². The van der Waals surface area contributed by atoms with Gasteiger partial charge >= 0.3 is 5.97 Å². The van der Waals surface area contributed by atoms with Crippen molar-refractivity contribution in [2.24, 2.45) is 0 Å². The van der Waals surface area contributed by atoms with Gasteiger partial charge < -0.3 is 4.74 Å². The van der Waals surface area contributed by atoms with Crippen molar-refractivity contribution in [3.05, 3.63) is 34.1 Å². The van der Waals surface area contributed by atoms with E-state index in [2.05, 4.69) is 20.9 Å². The van der Waals surface area contributed by atoms with E-state index in [0.29, 0.717) is 17.0 Å². The van der Waals surface area contributed by atoms with Gasteiger partial charge in [-0.05, 0) is 35.0 Å². The molecule has 70 valence electrons. The van der Waals surface area contributed by atoms with Crippen LogP contribution in [-0.4, -0.2) is 19.4 Å². The average molecular weight is 252 g/mol. The third kappa shape index (κ3) is 1.59. The summed E-state index contributed by atoms with van der Waals surface area (Å²) in [6.45, 7) is 1.81. The minimum Gasteiger partial charge on any atom is -0.421 e. The molecule has 0 spiro atoms. The molecule has 0 saturated carbocycles. The minimum absolute atomic E-state index is 0. The lowest BCUT2D eigenvalue weighted by Gasteiger charge is -1.94. The fourth-order valence-corrected chi connectivity index (χ4v) is 1.52. The predicted octanol–water partition coefficient (Wildman–Crippen LogP) is 1.73. The van der Waals surface area contributed by atoms with Crippen molar-refractivity contribution in [3.8, 4) is 0 Å². The van der Waals surface area contributed by atoms with Gasteiger partial charge in [0.05, 0.1) is 5.56 Å². The average Bonchev–Trinajstić information content (AvgIpc) is 2.43. The SMILES string of the molecule is C/C=C1/OC(=O)c2cc(Br)cnc21.[BH]. The standard InChI is InChI=1S/C9H6BrNO2.BH/c1-2-7-8-6(9(12)13-7)3-5(10)4-11-8;/h2-4H,1H3;1H/b7-2+;. The molecule has 0 aliphatic carbocycles. The van der Waals surface area contributed by atoms with Crippen LogP contribution in [0.4, 0.5) is 0 Å². The molecule has 0 unspecified atom stereocenters. The normalized spacial score (nSPS) is 16.1. The van der Waals surface area contributed by atoms with E-state index >= 15 is 0 Å². The smallest absolute Gasteiger partial charge is 0.345 e. The van der Waals surface area contributed by atoms with Crippen molar-refractivity contribution < 1.29 is 9.53 Å². The van der Waals surface area contributed by atoms with Crippen LogP contribution in [0.25, 0.3) is 5.76 Å². The summed E-state index contributed by atoms with van der Waals surface area (Å²) < 4.78 is 5.75. The zero-order chi connectivity index (χ0) is 9.42. The molecule has 0 N–H and O–H groups in total. The van der Waals surface area contributed by atoms with Gasteiger partial charge in [-0.15, -0.1) is 0 Å². The Kier molecular flexibility index (Phi) is 3.11. The number of carbonyl (C=O) groups excluding carboxylic acids is 1. The number of pyridine rings is 1. The zero-order valence-electron chi connectivity index (χ0n) is 7.58. The molecule has 1 aromatic rings. The number of carbonyl (C=O) groups is 1. The van der Waals surface area contributed by atoms with Crippen LogP contribution in [0.2, 0.25) is 0 Å². The third-order valence-corrected chi connectivity index (χ3v) is 2.21. The van der Waals surface area contributed by atoms with E-state index in [-0.39, 0.29) is 14.4 Å². The molecule has 0 bridgehead atoms. The highest BCUT2D eigenvalue weighted by atomic mass is 79.9. The Morgan fingerprint density at radius 2 is 2.29 bits per heavy atom. The minimum atomic E-state index is -0.336. The third-order valence-electron chi connectivity index (χ3n) is 1.77. The quantitative estimate of drug-likeness (QED) is 0.521. The van der Waals surface area contributed by atoms with Crippen LogP contribution in [0.5, 0.6) is 0 Å². The molecular weight excluding hydrogens is 245 g/mol. The highest BCUT2D eigenvalue weighted by molar-refractivity contribution is 9.10. The molecule has 0 aromatic carbocycles. The van der Waals surface area contributed by atoms with Crippen molar-refractivity contribution in [2.75, 3.05) is 0 Å². The molecule has 1 aliphatic heterocycles. The Morgan fingerprint density at radius 3 is 2.93 bits per heavy atom. The van der Waals surface area contributed by atoms with E-state index in [4.69, 9.17) is 4.74 Å². The molecule has 0 fully saturated rings. The van der Waals surface area contributed by atoms with E-state index in [1.165, 1.54) is 0 Å². The second-order valence-corrected chi connectivity index (χ2v) is 3.51. The maximum absolute atomic E-state index is 11.3. The number of aromatic nitrogens is 1. The Morgan fingerprint density at radius 1 is 1.57 bits per heavy atom. The lowest BCUT2D eigenvalue weighted by Crippen LogP contribution is -1.93. The number of ether oxygens (including phenoxy) is 1. The zero-order valence-corrected chi connectivity index (χ0v) is 9.17. The number of rotatable bonds is 0. The molecule has 1 aromatic heterocycles. The van der Waals surface area contributed by atoms with Gasteiger partial charge in [0.2, 0.25) is 0 Å². The first kappa shape index (κ1) is 11.0. The molecule has 0 saturated heterocycles. The summed E-state index contributed by atoms with van der Waals surface area (Å²) in [6, 6.07) is 1.71. The molecule has 2 heterocycles. The van der Waals surface area contributed by atoms with Crippen molar-refractivity contribution >= 4 is 36.1 Å². The number of hydrogen-bond donors (Lipinski definition) is 0. The lowest BCUT2D eigenvalue weighted by molar-refractivity contribution is 0.0715. The Hall–Kier alpha value is -1.10. The molecule has 2 radical (unpaired) electrons. The molecule has 3 nitrogen and oxygen atoms in total. The molecule has 5 heteroatoms. The van der Waals surface area contributed by atoms with Crippen LogP contribution < -0.4 is 0 Å². The van der Waals surface area contributed by atoms with Crippen LogP contribution in [0.15, 0.2) is 22.8 Å². The van der Waals surface area contributed by atoms with Crippen LogP contribution in [0.1, 0.15) is 23.0 Å². The van der Waals surface area contributed by atoms with Gasteiger partial charge in [-0.1, -0.05) is 0 Å². The highest BCUT2D eigenvalue weighted by Gasteiger charge is 2.27. The maximum atomic E-state index is 11.3. The predicted molar refractivity (Wildman–Crippen MR) is 58.2 cm³/mol. The lowest BCUT2D eigenvalue weighted by atomic mass is 10.2. The fourth-order valence-electron chi connectivity index (χ4n) is 1.19. The summed E-state index contributed by atoms with van der Waals surface area (Å²) in [5.74, 6) is 0.199. The van der Waals surface area contributed by atoms with Crippen LogP contribution >= 0.6 is 15.9 Å². The van der Waals surface area contributed by atoms with E-state index in [1.807, 2.05) is 0 Å². The first-order valence-electron chi connectivity index (χ1n) is 3.77. The topological polar surface area (TPSA) is 39.2 Å². The fraction of sp³-hybridized carbons (Fsp3) is 0.111. The summed E-state index contributed by atoms with van der Waals surface area (Å²) in [5.41, 5.74) is 1.14. The molecular formula is C9H7BBrNO2. The summed E-state index contributed by atoms with van der Waals surface area (Å²) in [4.78, 5) is 15.4. The number of halogens is 1. The molecule has 0 atom stereocenters. The number of fused-ring (bicyclic) bond motifs is 1. The molecule has 2 rings (SSSR count). The molecule has 14 heavy (non-hydrogen) atoms. The number of nitrogens with zero attached hydrogens (tertiary/aromatic N) is 1. The van der Waals surface area contributed by atoms with Gasteiger partial charge in [-0.3, -0.25) is 4.98 Å². The number of allylic oxidation sites excluding steroid dienone is 1. The largest absolute Gasteiger partial charge is 0.421 e. The highest BCUT2D eigenvalue weighted by Crippen LogP contribution is 2.29. The van der Waals surface area contributed by atoms with Crippen molar-refractivity contribution in [3.63, 3.8) is 0 Å². The van der Waals surface area contributed by atoms with Gasteiger partial charge in [-0.25, -0.2) is 4.79 Å². The van der Waals surface area contributed by atoms with E-state index in [1.54, 1.807) is 25.3 Å². The first-order chi connectivity index (χ1) is 6.22. The number of esters is 1. The van der Waals surface area contributed by atoms with Gasteiger partial charge in [-0.2, -0.15) is 0 Å². The monoisotopic (exact) mass is 251 g/mol. The van der Waals surface area contributed by atoms with Gasteiger partial charge in [0, 0.05) is 19.1 Å².